The van der Waals surface area contributed by atoms with Gasteiger partial charge in [0.2, 0.25) is 6.35 Å². The molecule has 0 spiro atoms. The second-order valence-electron chi connectivity index (χ2n) is 1.42. The summed E-state index contributed by atoms with van der Waals surface area (Å²) < 4.78 is 15.5. The molecule has 0 saturated carbocycles. The molecule has 0 saturated heterocycles. The molecule has 0 aromatic carbocycles. The van der Waals surface area contributed by atoms with Gasteiger partial charge >= 0.3 is 7.80 Å². The SMILES string of the molecule is CCOC[P+](=O)CC. The van der Waals surface area contributed by atoms with Crippen LogP contribution in [0.25, 0.3) is 0 Å². The molecule has 0 N–H and O–H groups in total. The first-order valence-electron chi connectivity index (χ1n) is 2.81. The third kappa shape index (κ3) is 4.23. The van der Waals surface area contributed by atoms with Crippen molar-refractivity contribution in [2.45, 2.75) is 13.8 Å². The lowest BCUT2D eigenvalue weighted by Crippen LogP contribution is -1.87. The Morgan fingerprint density at radius 2 is 2.12 bits per heavy atom. The van der Waals surface area contributed by atoms with E-state index < -0.39 is 7.80 Å². The van der Waals surface area contributed by atoms with E-state index in [0.717, 1.165) is 6.16 Å². The fourth-order valence-corrected chi connectivity index (χ4v) is 0.853. The lowest BCUT2D eigenvalue weighted by atomic mass is 10.9. The molecule has 0 fully saturated rings. The van der Waals surface area contributed by atoms with Gasteiger partial charge in [0.05, 0.1) is 0 Å². The minimum absolute atomic E-state index is 0.433. The average molecular weight is 135 g/mol. The van der Waals surface area contributed by atoms with Crippen LogP contribution in [-0.4, -0.2) is 19.1 Å². The monoisotopic (exact) mass is 135 g/mol. The van der Waals surface area contributed by atoms with Crippen LogP contribution in [-0.2, 0) is 9.30 Å². The molecule has 0 aliphatic carbocycles. The van der Waals surface area contributed by atoms with Gasteiger partial charge in [-0.05, 0) is 13.8 Å². The molecule has 1 atom stereocenters. The molecule has 0 aliphatic heterocycles. The van der Waals surface area contributed by atoms with E-state index in [1.807, 2.05) is 13.8 Å². The van der Waals surface area contributed by atoms with Crippen molar-refractivity contribution in [3.05, 3.63) is 0 Å². The molecule has 0 aliphatic rings. The number of hydrogen-bond acceptors (Lipinski definition) is 2. The Bertz CT molecular complexity index is 72.8. The van der Waals surface area contributed by atoms with E-state index in [2.05, 4.69) is 0 Å². The second-order valence-corrected chi connectivity index (χ2v) is 3.27. The molecule has 48 valence electrons. The van der Waals surface area contributed by atoms with Crippen molar-refractivity contribution in [2.24, 2.45) is 0 Å². The highest BCUT2D eigenvalue weighted by Crippen LogP contribution is 2.17. The van der Waals surface area contributed by atoms with Gasteiger partial charge in [-0.15, -0.1) is 0 Å². The Morgan fingerprint density at radius 1 is 1.50 bits per heavy atom. The zero-order chi connectivity index (χ0) is 6.41. The highest BCUT2D eigenvalue weighted by atomic mass is 31.1. The number of rotatable bonds is 4. The quantitative estimate of drug-likeness (QED) is 0.549. The normalized spacial score (nSPS) is 11.5. The molecule has 0 bridgehead atoms. The van der Waals surface area contributed by atoms with E-state index in [9.17, 15) is 4.57 Å². The Labute approximate surface area is 51.0 Å². The number of hydrogen-bond donors (Lipinski definition) is 0. The maximum absolute atomic E-state index is 10.6. The van der Waals surface area contributed by atoms with Crippen molar-refractivity contribution >= 4 is 7.80 Å². The predicted molar refractivity (Wildman–Crippen MR) is 34.6 cm³/mol. The van der Waals surface area contributed by atoms with Crippen LogP contribution in [0.2, 0.25) is 0 Å². The van der Waals surface area contributed by atoms with Crippen LogP contribution >= 0.6 is 7.80 Å². The Kier molecular flexibility index (Phi) is 5.24. The zero-order valence-corrected chi connectivity index (χ0v) is 6.28. The average Bonchev–Trinajstić information content (AvgIpc) is 1.83. The van der Waals surface area contributed by atoms with Gasteiger partial charge in [0.25, 0.3) is 0 Å². The van der Waals surface area contributed by atoms with E-state index in [-0.39, 0.29) is 0 Å². The fraction of sp³-hybridized carbons (Fsp3) is 1.00. The van der Waals surface area contributed by atoms with Crippen LogP contribution < -0.4 is 0 Å². The van der Waals surface area contributed by atoms with Gasteiger partial charge in [-0.3, -0.25) is 0 Å². The van der Waals surface area contributed by atoms with Crippen LogP contribution in [0.15, 0.2) is 0 Å². The molecular formula is C5H12O2P+. The summed E-state index contributed by atoms with van der Waals surface area (Å²) in [6.07, 6.45) is 1.16. The molecule has 0 aromatic heterocycles. The standard InChI is InChI=1S/C5H12O2P/c1-3-7-5-8(6)4-2/h3-5H2,1-2H3/q+1. The van der Waals surface area contributed by atoms with Crippen molar-refractivity contribution < 1.29 is 9.30 Å². The van der Waals surface area contributed by atoms with E-state index in [1.165, 1.54) is 0 Å². The summed E-state index contributed by atoms with van der Waals surface area (Å²) in [6.45, 7) is 4.47. The van der Waals surface area contributed by atoms with Crippen LogP contribution in [0.1, 0.15) is 13.8 Å². The van der Waals surface area contributed by atoms with E-state index in [1.54, 1.807) is 0 Å². The molecular weight excluding hydrogens is 123 g/mol. The first-order chi connectivity index (χ1) is 3.81. The van der Waals surface area contributed by atoms with Crippen molar-refractivity contribution in [1.29, 1.82) is 0 Å². The summed E-state index contributed by atoms with van der Waals surface area (Å²) in [5, 5.41) is 0. The van der Waals surface area contributed by atoms with Crippen LogP contribution in [0.5, 0.6) is 0 Å². The Hall–Kier alpha value is 0.0600. The topological polar surface area (TPSA) is 26.3 Å². The van der Waals surface area contributed by atoms with E-state index in [4.69, 9.17) is 4.74 Å². The lowest BCUT2D eigenvalue weighted by molar-refractivity contribution is 0.193. The third-order valence-corrected chi connectivity index (χ3v) is 1.97. The summed E-state index contributed by atoms with van der Waals surface area (Å²) in [4.78, 5) is 0. The first-order valence-corrected chi connectivity index (χ1v) is 4.44. The molecule has 0 amide bonds. The largest absolute Gasteiger partial charge is 0.366 e. The van der Waals surface area contributed by atoms with Crippen molar-refractivity contribution in [3.63, 3.8) is 0 Å². The van der Waals surface area contributed by atoms with Gasteiger partial charge in [-0.2, -0.15) is 0 Å². The van der Waals surface area contributed by atoms with Crippen LogP contribution in [0.4, 0.5) is 0 Å². The minimum atomic E-state index is -1.06. The highest BCUT2D eigenvalue weighted by molar-refractivity contribution is 7.44. The summed E-state index contributed by atoms with van der Waals surface area (Å²) >= 11 is 0. The second kappa shape index (κ2) is 5.20. The van der Waals surface area contributed by atoms with E-state index >= 15 is 0 Å². The maximum atomic E-state index is 10.6. The van der Waals surface area contributed by atoms with Crippen LogP contribution in [0, 0.1) is 0 Å². The molecule has 8 heavy (non-hydrogen) atoms. The van der Waals surface area contributed by atoms with E-state index in [0.29, 0.717) is 13.0 Å². The van der Waals surface area contributed by atoms with Gasteiger partial charge in [-0.25, -0.2) is 0 Å². The van der Waals surface area contributed by atoms with Crippen LogP contribution in [0.3, 0.4) is 0 Å². The lowest BCUT2D eigenvalue weighted by Gasteiger charge is -1.85. The van der Waals surface area contributed by atoms with Gasteiger partial charge < -0.3 is 4.74 Å². The smallest absolute Gasteiger partial charge is 0.338 e. The van der Waals surface area contributed by atoms with Gasteiger partial charge in [0.1, 0.15) is 6.16 Å². The summed E-state index contributed by atoms with van der Waals surface area (Å²) in [7, 11) is -1.06. The highest BCUT2D eigenvalue weighted by Gasteiger charge is 2.08. The number of ether oxygens (including phenoxy) is 1. The molecule has 1 unspecified atom stereocenters. The fourth-order valence-electron chi connectivity index (χ4n) is 0.284. The van der Waals surface area contributed by atoms with Crippen molar-refractivity contribution in [1.82, 2.24) is 0 Å². The molecule has 0 radical (unpaired) electrons. The summed E-state index contributed by atoms with van der Waals surface area (Å²) in [6, 6.07) is 0. The molecule has 0 aromatic rings. The Morgan fingerprint density at radius 3 is 2.50 bits per heavy atom. The van der Waals surface area contributed by atoms with Crippen molar-refractivity contribution in [2.75, 3.05) is 19.1 Å². The summed E-state index contributed by atoms with van der Waals surface area (Å²) in [5.74, 6) is 0. The maximum Gasteiger partial charge on any atom is 0.366 e. The zero-order valence-electron chi connectivity index (χ0n) is 5.39. The predicted octanol–water partition coefficient (Wildman–Crippen LogP) is 1.83. The third-order valence-electron chi connectivity index (χ3n) is 0.792. The molecule has 0 heterocycles. The van der Waals surface area contributed by atoms with Crippen molar-refractivity contribution in [3.8, 4) is 0 Å². The van der Waals surface area contributed by atoms with Gasteiger partial charge in [0, 0.05) is 6.61 Å². The summed E-state index contributed by atoms with van der Waals surface area (Å²) in [5.41, 5.74) is 0. The minimum Gasteiger partial charge on any atom is -0.338 e. The Balaban J connectivity index is 2.99. The first kappa shape index (κ1) is 8.06. The van der Waals surface area contributed by atoms with Gasteiger partial charge in [0.15, 0.2) is 0 Å². The molecule has 3 heteroatoms. The molecule has 0 rings (SSSR count). The molecule has 2 nitrogen and oxygen atoms in total. The van der Waals surface area contributed by atoms with Gasteiger partial charge in [-0.1, -0.05) is 4.57 Å².